The Hall–Kier alpha value is -2.27. The summed E-state index contributed by atoms with van der Waals surface area (Å²) in [6.07, 6.45) is 4.16. The quantitative estimate of drug-likeness (QED) is 0.314. The van der Waals surface area contributed by atoms with Gasteiger partial charge in [-0.3, -0.25) is 19.3 Å². The van der Waals surface area contributed by atoms with Crippen molar-refractivity contribution in [1.29, 1.82) is 0 Å². The maximum absolute atomic E-state index is 14.2. The summed E-state index contributed by atoms with van der Waals surface area (Å²) in [6.45, 7) is 15.1. The number of amides is 2. The predicted octanol–water partition coefficient (Wildman–Crippen LogP) is 0.208. The van der Waals surface area contributed by atoms with E-state index in [9.17, 15) is 19.5 Å². The minimum atomic E-state index is -1.15. The zero-order chi connectivity index (χ0) is 26.1. The molecule has 0 aliphatic carbocycles. The minimum Gasteiger partial charge on any atom is -0.461 e. The zero-order valence-corrected chi connectivity index (χ0v) is 21.4. The molecule has 4 aliphatic rings. The van der Waals surface area contributed by atoms with Gasteiger partial charge in [0.15, 0.2) is 0 Å². The van der Waals surface area contributed by atoms with Crippen LogP contribution in [0.5, 0.6) is 0 Å². The molecule has 0 radical (unpaired) electrons. The van der Waals surface area contributed by atoms with Crippen LogP contribution in [0.1, 0.15) is 26.7 Å². The van der Waals surface area contributed by atoms with E-state index in [-0.39, 0.29) is 25.0 Å². The lowest BCUT2D eigenvalue weighted by molar-refractivity contribution is -0.161. The van der Waals surface area contributed by atoms with E-state index in [1.165, 1.54) is 11.0 Å². The number of carbonyl (C=O) groups excluding carboxylic acids is 3. The van der Waals surface area contributed by atoms with Gasteiger partial charge in [-0.1, -0.05) is 18.7 Å². The van der Waals surface area contributed by atoms with Crippen molar-refractivity contribution >= 4 is 17.8 Å². The SMILES string of the molecule is C=CCOC(=O)[C@@H]1[C@H]2C(=O)N([C@H](C)CO)C(C(=O)N(CC=C)CCN3CCOCC3)C23CC[C@@]1(C)O3. The first kappa shape index (κ1) is 26.8. The maximum atomic E-state index is 14.2. The molecular weight excluding hydrogens is 466 g/mol. The van der Waals surface area contributed by atoms with Crippen LogP contribution in [0.4, 0.5) is 0 Å². The third-order valence-electron chi connectivity index (χ3n) is 8.24. The van der Waals surface area contributed by atoms with E-state index in [1.807, 2.05) is 6.92 Å². The number of ether oxygens (including phenoxy) is 3. The molecule has 4 saturated heterocycles. The van der Waals surface area contributed by atoms with Crippen LogP contribution in [-0.4, -0.2) is 120 Å². The highest BCUT2D eigenvalue weighted by Crippen LogP contribution is 2.63. The van der Waals surface area contributed by atoms with Crippen molar-refractivity contribution in [2.24, 2.45) is 11.8 Å². The van der Waals surface area contributed by atoms with Gasteiger partial charge in [0.05, 0.1) is 37.4 Å². The van der Waals surface area contributed by atoms with E-state index in [0.29, 0.717) is 45.7 Å². The molecule has 1 N–H and O–H groups in total. The summed E-state index contributed by atoms with van der Waals surface area (Å²) in [5, 5.41) is 10.0. The summed E-state index contributed by atoms with van der Waals surface area (Å²) in [7, 11) is 0. The summed E-state index contributed by atoms with van der Waals surface area (Å²) >= 11 is 0. The van der Waals surface area contributed by atoms with Gasteiger partial charge in [0.1, 0.15) is 24.2 Å². The molecule has 10 heteroatoms. The number of rotatable bonds is 11. The number of esters is 1. The molecule has 4 heterocycles. The standard InChI is InChI=1S/C26H39N3O7/c1-5-9-28(11-10-27-12-15-34-16-13-27)23(32)21-26-8-7-25(4,36-26)20(24(33)35-14-6-2)19(26)22(31)29(21)18(3)17-30/h5-6,18-21,30H,1-2,7-17H2,3-4H3/t18-,19+,20+,21?,25-,26?/m1/s1. The summed E-state index contributed by atoms with van der Waals surface area (Å²) in [5.41, 5.74) is -2.05. The lowest BCUT2D eigenvalue weighted by Crippen LogP contribution is -2.59. The lowest BCUT2D eigenvalue weighted by Gasteiger charge is -2.39. The molecule has 4 rings (SSSR count). The van der Waals surface area contributed by atoms with Gasteiger partial charge in [-0.2, -0.15) is 0 Å². The van der Waals surface area contributed by atoms with Crippen molar-refractivity contribution in [3.8, 4) is 0 Å². The van der Waals surface area contributed by atoms with Crippen molar-refractivity contribution in [3.05, 3.63) is 25.3 Å². The minimum absolute atomic E-state index is 0.0348. The van der Waals surface area contributed by atoms with Gasteiger partial charge >= 0.3 is 5.97 Å². The Morgan fingerprint density at radius 3 is 2.64 bits per heavy atom. The van der Waals surface area contributed by atoms with Crippen LogP contribution >= 0.6 is 0 Å². The molecule has 0 aromatic carbocycles. The fourth-order valence-corrected chi connectivity index (χ4v) is 6.50. The Morgan fingerprint density at radius 1 is 1.28 bits per heavy atom. The van der Waals surface area contributed by atoms with Gasteiger partial charge in [0.25, 0.3) is 0 Å². The molecule has 36 heavy (non-hydrogen) atoms. The van der Waals surface area contributed by atoms with Gasteiger partial charge in [-0.05, 0) is 26.7 Å². The number of hydrogen-bond acceptors (Lipinski definition) is 8. The van der Waals surface area contributed by atoms with E-state index < -0.39 is 41.1 Å². The summed E-state index contributed by atoms with van der Waals surface area (Å²) in [5.74, 6) is -2.78. The van der Waals surface area contributed by atoms with Gasteiger partial charge < -0.3 is 29.1 Å². The van der Waals surface area contributed by atoms with Crippen LogP contribution < -0.4 is 0 Å². The smallest absolute Gasteiger partial charge is 0.313 e. The number of fused-ring (bicyclic) bond motifs is 1. The fraction of sp³-hybridized carbons (Fsp3) is 0.731. The predicted molar refractivity (Wildman–Crippen MR) is 131 cm³/mol. The molecule has 10 nitrogen and oxygen atoms in total. The fourth-order valence-electron chi connectivity index (χ4n) is 6.50. The van der Waals surface area contributed by atoms with Crippen LogP contribution in [0.2, 0.25) is 0 Å². The molecule has 2 bridgehead atoms. The monoisotopic (exact) mass is 505 g/mol. The third kappa shape index (κ3) is 4.38. The summed E-state index contributed by atoms with van der Waals surface area (Å²) < 4.78 is 17.4. The van der Waals surface area contributed by atoms with Gasteiger partial charge in [-0.25, -0.2) is 0 Å². The second kappa shape index (κ2) is 10.6. The Kier molecular flexibility index (Phi) is 7.89. The highest BCUT2D eigenvalue weighted by molar-refractivity contribution is 5.98. The molecule has 4 fully saturated rings. The Morgan fingerprint density at radius 2 is 2.00 bits per heavy atom. The van der Waals surface area contributed by atoms with Crippen LogP contribution in [0.15, 0.2) is 25.3 Å². The highest BCUT2D eigenvalue weighted by Gasteiger charge is 2.78. The lowest BCUT2D eigenvalue weighted by atomic mass is 9.66. The van der Waals surface area contributed by atoms with Crippen molar-refractivity contribution in [2.45, 2.75) is 50.0 Å². The van der Waals surface area contributed by atoms with Crippen LogP contribution in [0, 0.1) is 11.8 Å². The number of aliphatic hydroxyl groups is 1. The number of carbonyl (C=O) groups is 3. The molecular formula is C26H39N3O7. The number of morpholine rings is 1. The largest absolute Gasteiger partial charge is 0.461 e. The molecule has 2 amide bonds. The average molecular weight is 506 g/mol. The van der Waals surface area contributed by atoms with E-state index in [4.69, 9.17) is 14.2 Å². The topological polar surface area (TPSA) is 109 Å². The molecule has 0 saturated carbocycles. The van der Waals surface area contributed by atoms with E-state index in [0.717, 1.165) is 13.1 Å². The normalized spacial score (nSPS) is 34.4. The van der Waals surface area contributed by atoms with E-state index >= 15 is 0 Å². The molecule has 2 unspecified atom stereocenters. The van der Waals surface area contributed by atoms with E-state index in [1.54, 1.807) is 17.9 Å². The Labute approximate surface area is 212 Å². The highest BCUT2D eigenvalue weighted by atomic mass is 16.6. The Balaban J connectivity index is 1.66. The van der Waals surface area contributed by atoms with Crippen molar-refractivity contribution in [1.82, 2.24) is 14.7 Å². The van der Waals surface area contributed by atoms with E-state index in [2.05, 4.69) is 18.1 Å². The Bertz CT molecular complexity index is 891. The van der Waals surface area contributed by atoms with Gasteiger partial charge in [0.2, 0.25) is 11.8 Å². The van der Waals surface area contributed by atoms with Crippen molar-refractivity contribution < 1.29 is 33.7 Å². The summed E-state index contributed by atoms with van der Waals surface area (Å²) in [6, 6.07) is -1.56. The van der Waals surface area contributed by atoms with Gasteiger partial charge in [-0.15, -0.1) is 6.58 Å². The first-order chi connectivity index (χ1) is 17.2. The summed E-state index contributed by atoms with van der Waals surface area (Å²) in [4.78, 5) is 46.6. The second-order valence-electron chi connectivity index (χ2n) is 10.5. The number of nitrogens with zero attached hydrogens (tertiary/aromatic N) is 3. The first-order valence-electron chi connectivity index (χ1n) is 12.8. The molecule has 6 atom stereocenters. The first-order valence-corrected chi connectivity index (χ1v) is 12.8. The molecule has 1 spiro atoms. The molecule has 0 aromatic heterocycles. The zero-order valence-electron chi connectivity index (χ0n) is 21.4. The number of hydrogen-bond donors (Lipinski definition) is 1. The molecule has 4 aliphatic heterocycles. The third-order valence-corrected chi connectivity index (χ3v) is 8.24. The second-order valence-corrected chi connectivity index (χ2v) is 10.5. The average Bonchev–Trinajstić information content (AvgIpc) is 3.45. The van der Waals surface area contributed by atoms with Crippen molar-refractivity contribution in [3.63, 3.8) is 0 Å². The maximum Gasteiger partial charge on any atom is 0.313 e. The number of likely N-dealkylation sites (tertiary alicyclic amines) is 1. The molecule has 0 aromatic rings. The van der Waals surface area contributed by atoms with Crippen LogP contribution in [0.3, 0.4) is 0 Å². The number of aliphatic hydroxyl groups excluding tert-OH is 1. The van der Waals surface area contributed by atoms with Crippen LogP contribution in [-0.2, 0) is 28.6 Å². The van der Waals surface area contributed by atoms with Crippen molar-refractivity contribution in [2.75, 3.05) is 59.2 Å². The van der Waals surface area contributed by atoms with Crippen LogP contribution in [0.25, 0.3) is 0 Å². The van der Waals surface area contributed by atoms with Gasteiger partial charge in [0, 0.05) is 32.7 Å². The molecule has 200 valence electrons.